The molecule has 4 amide bonds. The smallest absolute Gasteiger partial charge is 0.335 e. The predicted octanol–water partition coefficient (Wildman–Crippen LogP) is 3.83. The molecule has 31 heavy (non-hydrogen) atoms. The highest BCUT2D eigenvalue weighted by Crippen LogP contribution is 2.28. The fourth-order valence-electron chi connectivity index (χ4n) is 3.16. The maximum Gasteiger partial charge on any atom is 0.335 e. The van der Waals surface area contributed by atoms with E-state index in [9.17, 15) is 24.5 Å². The zero-order valence-electron chi connectivity index (χ0n) is 16.2. The number of hydrogen-bond acceptors (Lipinski definition) is 6. The molecule has 2 aromatic carbocycles. The number of furan rings is 1. The molecule has 4 rings (SSSR count). The van der Waals surface area contributed by atoms with Gasteiger partial charge in [0, 0.05) is 17.7 Å². The number of nitrogens with zero attached hydrogens (tertiary/aromatic N) is 2. The molecule has 1 saturated heterocycles. The molecule has 0 atom stereocenters. The molecule has 1 N–H and O–H groups in total. The molecule has 0 bridgehead atoms. The number of amides is 4. The number of non-ortho nitro benzene ring substituents is 1. The SMILES string of the molecule is Cc1cccc(N2C(=O)NC(=O)C(=Cc3ccc(-c4cccc([N+](=O)[O-])c4)o3)C2=O)c1. The third-order valence-electron chi connectivity index (χ3n) is 4.62. The second-order valence-electron chi connectivity index (χ2n) is 6.81. The minimum absolute atomic E-state index is 0.0945. The van der Waals surface area contributed by atoms with Gasteiger partial charge in [0.15, 0.2) is 0 Å². The minimum Gasteiger partial charge on any atom is -0.457 e. The van der Waals surface area contributed by atoms with Crippen LogP contribution in [0.3, 0.4) is 0 Å². The zero-order chi connectivity index (χ0) is 22.1. The molecular weight excluding hydrogens is 402 g/mol. The first-order valence-electron chi connectivity index (χ1n) is 9.16. The summed E-state index contributed by atoms with van der Waals surface area (Å²) in [6.07, 6.45) is 1.23. The Kier molecular flexibility index (Phi) is 4.92. The Hall–Kier alpha value is -4.53. The topological polar surface area (TPSA) is 123 Å². The number of nitro benzene ring substituents is 1. The van der Waals surface area contributed by atoms with Crippen molar-refractivity contribution in [3.8, 4) is 11.3 Å². The van der Waals surface area contributed by atoms with Gasteiger partial charge in [-0.3, -0.25) is 25.0 Å². The van der Waals surface area contributed by atoms with Crippen LogP contribution in [0.4, 0.5) is 16.2 Å². The number of anilines is 1. The summed E-state index contributed by atoms with van der Waals surface area (Å²) in [6, 6.07) is 14.9. The first kappa shape index (κ1) is 19.8. The van der Waals surface area contributed by atoms with Crippen molar-refractivity contribution in [2.24, 2.45) is 0 Å². The van der Waals surface area contributed by atoms with Gasteiger partial charge in [0.2, 0.25) is 0 Å². The van der Waals surface area contributed by atoms with Crippen molar-refractivity contribution in [2.45, 2.75) is 6.92 Å². The lowest BCUT2D eigenvalue weighted by molar-refractivity contribution is -0.384. The van der Waals surface area contributed by atoms with Gasteiger partial charge in [-0.1, -0.05) is 24.3 Å². The molecule has 2 heterocycles. The van der Waals surface area contributed by atoms with E-state index in [4.69, 9.17) is 4.42 Å². The van der Waals surface area contributed by atoms with Crippen LogP contribution in [-0.2, 0) is 9.59 Å². The van der Waals surface area contributed by atoms with Crippen molar-refractivity contribution in [1.82, 2.24) is 5.32 Å². The predicted molar refractivity (Wildman–Crippen MR) is 111 cm³/mol. The molecule has 9 nitrogen and oxygen atoms in total. The summed E-state index contributed by atoms with van der Waals surface area (Å²) >= 11 is 0. The number of imide groups is 2. The summed E-state index contributed by atoms with van der Waals surface area (Å²) in [5, 5.41) is 13.1. The summed E-state index contributed by atoms with van der Waals surface area (Å²) in [4.78, 5) is 48.8. The van der Waals surface area contributed by atoms with Crippen molar-refractivity contribution in [3.05, 3.63) is 87.7 Å². The second-order valence-corrected chi connectivity index (χ2v) is 6.81. The number of aryl methyl sites for hydroxylation is 1. The maximum atomic E-state index is 12.9. The summed E-state index contributed by atoms with van der Waals surface area (Å²) < 4.78 is 5.66. The largest absolute Gasteiger partial charge is 0.457 e. The maximum absolute atomic E-state index is 12.9. The fourth-order valence-corrected chi connectivity index (χ4v) is 3.16. The van der Waals surface area contributed by atoms with Crippen LogP contribution in [0.5, 0.6) is 0 Å². The first-order valence-corrected chi connectivity index (χ1v) is 9.16. The number of hydrogen-bond donors (Lipinski definition) is 1. The van der Waals surface area contributed by atoms with Crippen LogP contribution in [0.25, 0.3) is 17.4 Å². The standard InChI is InChI=1S/C22H15N3O6/c1-13-4-2-6-15(10-13)24-21(27)18(20(26)23-22(24)28)12-17-8-9-19(31-17)14-5-3-7-16(11-14)25(29)30/h2-12H,1H3,(H,23,26,28). The van der Waals surface area contributed by atoms with Gasteiger partial charge < -0.3 is 4.42 Å². The summed E-state index contributed by atoms with van der Waals surface area (Å²) in [5.74, 6) is -1.12. The van der Waals surface area contributed by atoms with Crippen LogP contribution < -0.4 is 10.2 Å². The molecule has 1 aliphatic rings. The van der Waals surface area contributed by atoms with E-state index in [1.807, 2.05) is 13.0 Å². The number of rotatable bonds is 4. The molecular formula is C22H15N3O6. The van der Waals surface area contributed by atoms with Gasteiger partial charge in [-0.15, -0.1) is 0 Å². The number of barbiturate groups is 1. The van der Waals surface area contributed by atoms with Crippen molar-refractivity contribution < 1.29 is 23.7 Å². The van der Waals surface area contributed by atoms with Crippen LogP contribution in [0.1, 0.15) is 11.3 Å². The van der Waals surface area contributed by atoms with E-state index < -0.39 is 22.8 Å². The van der Waals surface area contributed by atoms with Gasteiger partial charge in [-0.05, 0) is 42.8 Å². The Morgan fingerprint density at radius 2 is 1.81 bits per heavy atom. The van der Waals surface area contributed by atoms with E-state index in [1.54, 1.807) is 30.3 Å². The Balaban J connectivity index is 1.67. The number of nitro groups is 1. The van der Waals surface area contributed by atoms with Crippen molar-refractivity contribution in [2.75, 3.05) is 4.90 Å². The summed E-state index contributed by atoms with van der Waals surface area (Å²) in [5.41, 5.74) is 1.27. The zero-order valence-corrected chi connectivity index (χ0v) is 16.2. The molecule has 1 aliphatic heterocycles. The third kappa shape index (κ3) is 3.84. The Morgan fingerprint density at radius 1 is 1.03 bits per heavy atom. The van der Waals surface area contributed by atoms with Crippen molar-refractivity contribution >= 4 is 35.3 Å². The van der Waals surface area contributed by atoms with E-state index >= 15 is 0 Å². The van der Waals surface area contributed by atoms with Gasteiger partial charge in [-0.2, -0.15) is 0 Å². The van der Waals surface area contributed by atoms with Gasteiger partial charge in [0.1, 0.15) is 17.1 Å². The molecule has 0 saturated carbocycles. The number of nitrogens with one attached hydrogen (secondary N) is 1. The van der Waals surface area contributed by atoms with Crippen molar-refractivity contribution in [3.63, 3.8) is 0 Å². The average Bonchev–Trinajstić information content (AvgIpc) is 3.20. The highest BCUT2D eigenvalue weighted by molar-refractivity contribution is 6.39. The van der Waals surface area contributed by atoms with E-state index in [0.29, 0.717) is 17.0 Å². The van der Waals surface area contributed by atoms with Gasteiger partial charge in [0.25, 0.3) is 17.5 Å². The third-order valence-corrected chi connectivity index (χ3v) is 4.62. The lowest BCUT2D eigenvalue weighted by Gasteiger charge is -2.26. The van der Waals surface area contributed by atoms with Crippen LogP contribution in [-0.4, -0.2) is 22.8 Å². The number of carbonyl (C=O) groups excluding carboxylic acids is 3. The van der Waals surface area contributed by atoms with Crippen LogP contribution in [0.15, 0.2) is 70.7 Å². The van der Waals surface area contributed by atoms with Crippen LogP contribution >= 0.6 is 0 Å². The Labute approximate surface area is 175 Å². The summed E-state index contributed by atoms with van der Waals surface area (Å²) in [6.45, 7) is 1.82. The quantitative estimate of drug-likeness (QED) is 0.298. The minimum atomic E-state index is -0.841. The molecule has 1 fully saturated rings. The molecule has 0 aliphatic carbocycles. The second kappa shape index (κ2) is 7.71. The van der Waals surface area contributed by atoms with Crippen LogP contribution in [0.2, 0.25) is 0 Å². The van der Waals surface area contributed by atoms with Crippen molar-refractivity contribution in [1.29, 1.82) is 0 Å². The molecule has 9 heteroatoms. The fraction of sp³-hybridized carbons (Fsp3) is 0.0455. The Bertz CT molecular complexity index is 1270. The highest BCUT2D eigenvalue weighted by atomic mass is 16.6. The van der Waals surface area contributed by atoms with Gasteiger partial charge >= 0.3 is 6.03 Å². The first-order chi connectivity index (χ1) is 14.8. The monoisotopic (exact) mass is 417 g/mol. The lowest BCUT2D eigenvalue weighted by atomic mass is 10.1. The number of urea groups is 1. The molecule has 3 aromatic rings. The van der Waals surface area contributed by atoms with E-state index in [-0.39, 0.29) is 17.0 Å². The normalized spacial score (nSPS) is 15.3. The molecule has 0 spiro atoms. The molecule has 154 valence electrons. The van der Waals surface area contributed by atoms with Crippen LogP contribution in [0, 0.1) is 17.0 Å². The highest BCUT2D eigenvalue weighted by Gasteiger charge is 2.37. The summed E-state index contributed by atoms with van der Waals surface area (Å²) in [7, 11) is 0. The van der Waals surface area contributed by atoms with E-state index in [1.165, 1.54) is 30.3 Å². The lowest BCUT2D eigenvalue weighted by Crippen LogP contribution is -2.54. The molecule has 1 aromatic heterocycles. The van der Waals surface area contributed by atoms with Gasteiger partial charge in [-0.25, -0.2) is 9.69 Å². The molecule has 0 unspecified atom stereocenters. The Morgan fingerprint density at radius 3 is 2.55 bits per heavy atom. The van der Waals surface area contributed by atoms with Gasteiger partial charge in [0.05, 0.1) is 10.6 Å². The average molecular weight is 417 g/mol. The van der Waals surface area contributed by atoms with E-state index in [2.05, 4.69) is 5.32 Å². The number of benzene rings is 2. The molecule has 0 radical (unpaired) electrons. The number of carbonyl (C=O) groups is 3. The van der Waals surface area contributed by atoms with E-state index in [0.717, 1.165) is 10.5 Å².